The number of hydrogen-bond donors (Lipinski definition) is 1. The van der Waals surface area contributed by atoms with E-state index in [1.165, 1.54) is 22.3 Å². The van der Waals surface area contributed by atoms with Gasteiger partial charge in [0.1, 0.15) is 5.75 Å². The lowest BCUT2D eigenvalue weighted by molar-refractivity contribution is 0.414. The predicted octanol–water partition coefficient (Wildman–Crippen LogP) is 3.95. The molecule has 2 heteroatoms. The molecule has 0 aliphatic heterocycles. The van der Waals surface area contributed by atoms with E-state index >= 15 is 0 Å². The monoisotopic (exact) mass is 255 g/mol. The Morgan fingerprint density at radius 3 is 2.53 bits per heavy atom. The summed E-state index contributed by atoms with van der Waals surface area (Å²) in [6.07, 6.45) is 0. The summed E-state index contributed by atoms with van der Waals surface area (Å²) in [5, 5.41) is 3.27. The molecule has 2 aromatic rings. The van der Waals surface area contributed by atoms with Crippen molar-refractivity contribution in [3.63, 3.8) is 0 Å². The highest BCUT2D eigenvalue weighted by atomic mass is 16.5. The number of benzene rings is 2. The van der Waals surface area contributed by atoms with E-state index in [1.54, 1.807) is 7.11 Å². The molecule has 2 aromatic carbocycles. The van der Waals surface area contributed by atoms with Gasteiger partial charge in [-0.3, -0.25) is 0 Å². The topological polar surface area (TPSA) is 21.3 Å². The van der Waals surface area contributed by atoms with Crippen molar-refractivity contribution < 1.29 is 4.74 Å². The van der Waals surface area contributed by atoms with Crippen LogP contribution in [0.4, 0.5) is 0 Å². The molecule has 19 heavy (non-hydrogen) atoms. The van der Waals surface area contributed by atoms with Gasteiger partial charge in [0.2, 0.25) is 0 Å². The third kappa shape index (κ3) is 2.96. The third-order valence-electron chi connectivity index (χ3n) is 3.56. The maximum atomic E-state index is 5.26. The van der Waals surface area contributed by atoms with Crippen LogP contribution in [0, 0.1) is 6.92 Å². The molecule has 0 aromatic heterocycles. The first kappa shape index (κ1) is 13.6. The smallest absolute Gasteiger partial charge is 0.119 e. The summed E-state index contributed by atoms with van der Waals surface area (Å²) >= 11 is 0. The van der Waals surface area contributed by atoms with Crippen molar-refractivity contribution in [3.05, 3.63) is 53.6 Å². The molecule has 0 heterocycles. The van der Waals surface area contributed by atoms with Crippen molar-refractivity contribution in [2.45, 2.75) is 19.9 Å². The highest BCUT2D eigenvalue weighted by molar-refractivity contribution is 5.68. The van der Waals surface area contributed by atoms with Crippen LogP contribution in [0.2, 0.25) is 0 Å². The van der Waals surface area contributed by atoms with Gasteiger partial charge in [-0.15, -0.1) is 0 Å². The van der Waals surface area contributed by atoms with E-state index in [1.807, 2.05) is 13.1 Å². The normalized spacial score (nSPS) is 12.2. The molecule has 1 unspecified atom stereocenters. The summed E-state index contributed by atoms with van der Waals surface area (Å²) < 4.78 is 5.26. The van der Waals surface area contributed by atoms with Crippen LogP contribution in [0.15, 0.2) is 42.5 Å². The molecule has 2 nitrogen and oxygen atoms in total. The average molecular weight is 255 g/mol. The van der Waals surface area contributed by atoms with Crippen molar-refractivity contribution in [2.24, 2.45) is 0 Å². The first-order valence-corrected chi connectivity index (χ1v) is 6.58. The Balaban J connectivity index is 2.41. The molecule has 0 aliphatic carbocycles. The lowest BCUT2D eigenvalue weighted by Gasteiger charge is -2.13. The Morgan fingerprint density at radius 2 is 1.89 bits per heavy atom. The van der Waals surface area contributed by atoms with Crippen LogP contribution in [0.1, 0.15) is 24.1 Å². The van der Waals surface area contributed by atoms with Crippen molar-refractivity contribution >= 4 is 0 Å². The van der Waals surface area contributed by atoms with E-state index in [9.17, 15) is 0 Å². The Morgan fingerprint density at radius 1 is 1.11 bits per heavy atom. The first-order chi connectivity index (χ1) is 9.15. The number of hydrogen-bond acceptors (Lipinski definition) is 2. The molecule has 2 rings (SSSR count). The van der Waals surface area contributed by atoms with Gasteiger partial charge in [0.15, 0.2) is 0 Å². The second-order valence-corrected chi connectivity index (χ2v) is 4.82. The first-order valence-electron chi connectivity index (χ1n) is 6.58. The maximum absolute atomic E-state index is 5.26. The van der Waals surface area contributed by atoms with Crippen LogP contribution in [0.3, 0.4) is 0 Å². The molecular formula is C17H21NO. The predicted molar refractivity (Wildman–Crippen MR) is 80.6 cm³/mol. The number of rotatable bonds is 4. The third-order valence-corrected chi connectivity index (χ3v) is 3.56. The van der Waals surface area contributed by atoms with E-state index < -0.39 is 0 Å². The van der Waals surface area contributed by atoms with Gasteiger partial charge in [-0.2, -0.15) is 0 Å². The number of nitrogens with one attached hydrogen (secondary N) is 1. The highest BCUT2D eigenvalue weighted by Crippen LogP contribution is 2.28. The van der Waals surface area contributed by atoms with Crippen LogP contribution < -0.4 is 10.1 Å². The van der Waals surface area contributed by atoms with E-state index in [4.69, 9.17) is 4.74 Å². The molecule has 1 atom stereocenters. The molecule has 0 saturated carbocycles. The Bertz CT molecular complexity index is 563. The molecule has 1 N–H and O–H groups in total. The standard InChI is InChI=1S/C17H21NO/c1-12-10-16(19-4)8-9-17(12)15-7-5-6-14(11-15)13(2)18-3/h5-11,13,18H,1-4H3. The fourth-order valence-electron chi connectivity index (χ4n) is 2.23. The van der Waals surface area contributed by atoms with Gasteiger partial charge >= 0.3 is 0 Å². The number of aryl methyl sites for hydroxylation is 1. The largest absolute Gasteiger partial charge is 0.497 e. The zero-order chi connectivity index (χ0) is 13.8. The fourth-order valence-corrected chi connectivity index (χ4v) is 2.23. The molecule has 0 saturated heterocycles. The van der Waals surface area contributed by atoms with Gasteiger partial charge in [-0.05, 0) is 61.3 Å². The van der Waals surface area contributed by atoms with Gasteiger partial charge in [0.25, 0.3) is 0 Å². The van der Waals surface area contributed by atoms with Crippen LogP contribution in [0.5, 0.6) is 5.75 Å². The van der Waals surface area contributed by atoms with Crippen LogP contribution in [0.25, 0.3) is 11.1 Å². The molecule has 0 radical (unpaired) electrons. The Hall–Kier alpha value is -1.80. The van der Waals surface area contributed by atoms with Crippen molar-refractivity contribution in [1.29, 1.82) is 0 Å². The van der Waals surface area contributed by atoms with Crippen LogP contribution >= 0.6 is 0 Å². The number of methoxy groups -OCH3 is 1. The second-order valence-electron chi connectivity index (χ2n) is 4.82. The molecule has 0 aliphatic rings. The Kier molecular flexibility index (Phi) is 4.23. The van der Waals surface area contributed by atoms with Crippen LogP contribution in [-0.2, 0) is 0 Å². The van der Waals surface area contributed by atoms with Gasteiger partial charge in [-0.25, -0.2) is 0 Å². The summed E-state index contributed by atoms with van der Waals surface area (Å²) in [5.41, 5.74) is 5.04. The summed E-state index contributed by atoms with van der Waals surface area (Å²) in [5.74, 6) is 0.904. The lowest BCUT2D eigenvalue weighted by atomic mass is 9.97. The zero-order valence-electron chi connectivity index (χ0n) is 12.0. The molecule has 0 fully saturated rings. The van der Waals surface area contributed by atoms with Gasteiger partial charge < -0.3 is 10.1 Å². The minimum Gasteiger partial charge on any atom is -0.497 e. The average Bonchev–Trinajstić information content (AvgIpc) is 2.46. The van der Waals surface area contributed by atoms with E-state index in [-0.39, 0.29) is 0 Å². The van der Waals surface area contributed by atoms with E-state index in [2.05, 4.69) is 55.6 Å². The number of ether oxygens (including phenoxy) is 1. The quantitative estimate of drug-likeness (QED) is 0.893. The second kappa shape index (κ2) is 5.89. The fraction of sp³-hybridized carbons (Fsp3) is 0.294. The summed E-state index contributed by atoms with van der Waals surface area (Å²) in [6.45, 7) is 4.28. The van der Waals surface area contributed by atoms with Crippen molar-refractivity contribution in [1.82, 2.24) is 5.32 Å². The molecule has 0 spiro atoms. The SMILES string of the molecule is CNC(C)c1cccc(-c2ccc(OC)cc2C)c1. The minimum atomic E-state index is 0.360. The maximum Gasteiger partial charge on any atom is 0.119 e. The van der Waals surface area contributed by atoms with Crippen LogP contribution in [-0.4, -0.2) is 14.2 Å². The van der Waals surface area contributed by atoms with E-state index in [0.717, 1.165) is 5.75 Å². The van der Waals surface area contributed by atoms with Crippen molar-refractivity contribution in [2.75, 3.05) is 14.2 Å². The van der Waals surface area contributed by atoms with Crippen molar-refractivity contribution in [3.8, 4) is 16.9 Å². The molecule has 0 bridgehead atoms. The highest BCUT2D eigenvalue weighted by Gasteiger charge is 2.07. The lowest BCUT2D eigenvalue weighted by Crippen LogP contribution is -2.12. The van der Waals surface area contributed by atoms with Gasteiger partial charge in [0.05, 0.1) is 7.11 Å². The molecule has 0 amide bonds. The minimum absolute atomic E-state index is 0.360. The summed E-state index contributed by atoms with van der Waals surface area (Å²) in [6, 6.07) is 15.2. The summed E-state index contributed by atoms with van der Waals surface area (Å²) in [7, 11) is 3.68. The van der Waals surface area contributed by atoms with Gasteiger partial charge in [-0.1, -0.05) is 24.3 Å². The van der Waals surface area contributed by atoms with E-state index in [0.29, 0.717) is 6.04 Å². The summed E-state index contributed by atoms with van der Waals surface area (Å²) in [4.78, 5) is 0. The molecule has 100 valence electrons. The van der Waals surface area contributed by atoms with Gasteiger partial charge in [0, 0.05) is 6.04 Å². The zero-order valence-corrected chi connectivity index (χ0v) is 12.0. The Labute approximate surface area is 115 Å². The molecular weight excluding hydrogens is 234 g/mol.